The Morgan fingerprint density at radius 2 is 1.84 bits per heavy atom. The summed E-state index contributed by atoms with van der Waals surface area (Å²) in [4.78, 5) is 41.5. The van der Waals surface area contributed by atoms with Gasteiger partial charge in [-0.2, -0.15) is 8.78 Å². The number of halogens is 2. The maximum absolute atomic E-state index is 13.3. The number of hydrogen-bond donors (Lipinski definition) is 4. The first kappa shape index (κ1) is 30.3. The van der Waals surface area contributed by atoms with Crippen LogP contribution in [0.1, 0.15) is 65.2 Å². The first-order valence-electron chi connectivity index (χ1n) is 13.9. The van der Waals surface area contributed by atoms with Gasteiger partial charge in [-0.15, -0.1) is 11.3 Å². The highest BCUT2D eigenvalue weighted by molar-refractivity contribution is 7.10. The van der Waals surface area contributed by atoms with Gasteiger partial charge in [-0.3, -0.25) is 19.8 Å². The van der Waals surface area contributed by atoms with Gasteiger partial charge in [0.05, 0.1) is 18.7 Å². The predicted octanol–water partition coefficient (Wildman–Crippen LogP) is 4.15. The number of amides is 3. The van der Waals surface area contributed by atoms with Crippen molar-refractivity contribution < 1.29 is 27.9 Å². The number of nitrogens with zero attached hydrogens (tertiary/aromatic N) is 1. The van der Waals surface area contributed by atoms with Gasteiger partial charge in [0.1, 0.15) is 11.9 Å². The van der Waals surface area contributed by atoms with E-state index in [0.717, 1.165) is 21.6 Å². The van der Waals surface area contributed by atoms with Crippen LogP contribution in [0, 0.1) is 5.41 Å². The Labute approximate surface area is 251 Å². The summed E-state index contributed by atoms with van der Waals surface area (Å²) in [5.74, 6) is -1.70. The second kappa shape index (κ2) is 11.8. The maximum Gasteiger partial charge on any atom is 0.345 e. The number of benzene rings is 2. The molecule has 0 bridgehead atoms. The lowest BCUT2D eigenvalue weighted by Crippen LogP contribution is -2.49. The maximum atomic E-state index is 13.3. The molecular weight excluding hydrogens is 576 g/mol. The predicted molar refractivity (Wildman–Crippen MR) is 159 cm³/mol. The van der Waals surface area contributed by atoms with Crippen molar-refractivity contribution in [2.24, 2.45) is 5.73 Å². The van der Waals surface area contributed by atoms with Gasteiger partial charge in [-0.25, -0.2) is 0 Å². The van der Waals surface area contributed by atoms with Gasteiger partial charge in [0, 0.05) is 39.8 Å². The van der Waals surface area contributed by atoms with Crippen LogP contribution in [0.2, 0.25) is 0 Å². The largest absolute Gasteiger partial charge is 0.384 e. The Hall–Kier alpha value is -4.16. The Balaban J connectivity index is 1.27. The van der Waals surface area contributed by atoms with Crippen LogP contribution in [0.25, 0.3) is 11.1 Å². The van der Waals surface area contributed by atoms with Gasteiger partial charge < -0.3 is 26.0 Å². The summed E-state index contributed by atoms with van der Waals surface area (Å²) in [6.07, 6.45) is -1.16. The van der Waals surface area contributed by atoms with E-state index in [0.29, 0.717) is 11.1 Å². The third kappa shape index (κ3) is 6.02. The van der Waals surface area contributed by atoms with Gasteiger partial charge >= 0.3 is 6.61 Å². The zero-order valence-electron chi connectivity index (χ0n) is 23.9. The first-order chi connectivity index (χ1) is 20.4. The van der Waals surface area contributed by atoms with Gasteiger partial charge in [-0.05, 0) is 47.4 Å². The number of ether oxygens (including phenoxy) is 1. The van der Waals surface area contributed by atoms with Crippen LogP contribution < -0.4 is 16.4 Å². The number of nitrogens with two attached hydrogens (primary N) is 1. The van der Waals surface area contributed by atoms with E-state index < -0.39 is 49.1 Å². The van der Waals surface area contributed by atoms with Gasteiger partial charge in [0.25, 0.3) is 5.91 Å². The van der Waals surface area contributed by atoms with Crippen LogP contribution in [0.15, 0.2) is 53.9 Å². The average Bonchev–Trinajstić information content (AvgIpc) is 3.68. The third-order valence-corrected chi connectivity index (χ3v) is 9.26. The monoisotopic (exact) mass is 609 g/mol. The van der Waals surface area contributed by atoms with E-state index in [1.54, 1.807) is 24.4 Å². The normalized spacial score (nSPS) is 19.1. The van der Waals surface area contributed by atoms with Crippen LogP contribution in [0.5, 0.6) is 0 Å². The quantitative estimate of drug-likeness (QED) is 0.213. The number of carbonyl (C=O) groups excluding carboxylic acids is 3. The average molecular weight is 610 g/mol. The molecule has 2 aromatic carbocycles. The highest BCUT2D eigenvalue weighted by Gasteiger charge is 2.41. The Morgan fingerprint density at radius 3 is 2.53 bits per heavy atom. The van der Waals surface area contributed by atoms with Crippen molar-refractivity contribution in [2.75, 3.05) is 13.1 Å². The summed E-state index contributed by atoms with van der Waals surface area (Å²) in [6.45, 7) is 2.30. The molecule has 1 unspecified atom stereocenters. The van der Waals surface area contributed by atoms with Crippen molar-refractivity contribution in [1.82, 2.24) is 15.5 Å². The SMILES string of the molecule is CC(NC(=O)[C@@H]1C[C@@H](OC(F)F)CN1C(=O)CNC(=O)c1ccc2c(c1)-c1ccccc1C2(C)C)c1cc(C(=N)N)cs1. The van der Waals surface area contributed by atoms with E-state index >= 15 is 0 Å². The fourth-order valence-electron chi connectivity index (χ4n) is 5.89. The smallest absolute Gasteiger partial charge is 0.345 e. The summed E-state index contributed by atoms with van der Waals surface area (Å²) in [5, 5.41) is 14.7. The minimum Gasteiger partial charge on any atom is -0.384 e. The van der Waals surface area contributed by atoms with Crippen molar-refractivity contribution in [3.63, 3.8) is 0 Å². The molecule has 3 aromatic rings. The summed E-state index contributed by atoms with van der Waals surface area (Å²) in [5.41, 5.74) is 10.5. The molecule has 3 amide bonds. The second-order valence-electron chi connectivity index (χ2n) is 11.3. The Bertz CT molecular complexity index is 1590. The number of hydrogen-bond acceptors (Lipinski definition) is 6. The standard InChI is InChI=1S/C31H33F2N5O4S/c1-16(25-11-18(15-43-25)27(34)35)37-29(41)24-12-19(42-30(32)33)14-38(24)26(39)13-36-28(40)17-8-9-23-21(10-17)20-6-4-5-7-22(20)31(23,2)3/h4-11,15-16,19,24,30H,12-14H2,1-3H3,(H3,34,35)(H,36,40)(H,37,41)/t16?,19-,24+/m1/s1. The highest BCUT2D eigenvalue weighted by atomic mass is 32.1. The molecule has 1 fully saturated rings. The molecule has 2 aliphatic rings. The lowest BCUT2D eigenvalue weighted by molar-refractivity contribution is -0.160. The number of thiophene rings is 1. The number of rotatable bonds is 9. The second-order valence-corrected chi connectivity index (χ2v) is 12.3. The zero-order chi connectivity index (χ0) is 31.1. The number of likely N-dealkylation sites (tertiary alicyclic amines) is 1. The van der Waals surface area contributed by atoms with Crippen LogP contribution in [0.4, 0.5) is 8.78 Å². The van der Waals surface area contributed by atoms with Crippen molar-refractivity contribution in [1.29, 1.82) is 5.41 Å². The topological polar surface area (TPSA) is 138 Å². The molecule has 3 atom stereocenters. The van der Waals surface area contributed by atoms with Crippen molar-refractivity contribution in [3.05, 3.63) is 81.0 Å². The number of fused-ring (bicyclic) bond motifs is 3. The van der Waals surface area contributed by atoms with Crippen molar-refractivity contribution >= 4 is 34.9 Å². The number of carbonyl (C=O) groups is 3. The van der Waals surface area contributed by atoms with Gasteiger partial charge in [0.2, 0.25) is 11.8 Å². The molecule has 0 spiro atoms. The molecule has 1 aliphatic heterocycles. The minimum atomic E-state index is -3.06. The number of amidine groups is 1. The molecule has 5 N–H and O–H groups in total. The van der Waals surface area contributed by atoms with Crippen LogP contribution in [-0.2, 0) is 19.7 Å². The number of nitrogens with one attached hydrogen (secondary N) is 3. The molecule has 1 saturated heterocycles. The lowest BCUT2D eigenvalue weighted by atomic mass is 9.82. The van der Waals surface area contributed by atoms with Crippen LogP contribution in [0.3, 0.4) is 0 Å². The summed E-state index contributed by atoms with van der Waals surface area (Å²) in [6, 6.07) is 13.6. The third-order valence-electron chi connectivity index (χ3n) is 8.14. The van der Waals surface area contributed by atoms with E-state index in [4.69, 9.17) is 11.1 Å². The molecule has 0 saturated carbocycles. The molecule has 12 heteroatoms. The summed E-state index contributed by atoms with van der Waals surface area (Å²) < 4.78 is 30.7. The fourth-order valence-corrected chi connectivity index (χ4v) is 6.80. The van der Waals surface area contributed by atoms with Gasteiger partial charge in [0.15, 0.2) is 0 Å². The molecule has 9 nitrogen and oxygen atoms in total. The van der Waals surface area contributed by atoms with E-state index in [2.05, 4.69) is 35.3 Å². The van der Waals surface area contributed by atoms with Crippen molar-refractivity contribution in [2.45, 2.75) is 57.4 Å². The van der Waals surface area contributed by atoms with E-state index in [1.165, 1.54) is 21.8 Å². The van der Waals surface area contributed by atoms with Gasteiger partial charge in [-0.1, -0.05) is 44.2 Å². The lowest BCUT2D eigenvalue weighted by Gasteiger charge is -2.25. The number of alkyl halides is 2. The summed E-state index contributed by atoms with van der Waals surface area (Å²) in [7, 11) is 0. The molecule has 43 heavy (non-hydrogen) atoms. The molecular formula is C31H33F2N5O4S. The first-order valence-corrected chi connectivity index (χ1v) is 14.7. The minimum absolute atomic E-state index is 0.101. The molecule has 2 heterocycles. The summed E-state index contributed by atoms with van der Waals surface area (Å²) >= 11 is 1.31. The van der Waals surface area contributed by atoms with Crippen LogP contribution >= 0.6 is 11.3 Å². The Morgan fingerprint density at radius 1 is 1.12 bits per heavy atom. The number of nitrogen functional groups attached to an aromatic ring is 1. The molecule has 0 radical (unpaired) electrons. The Kier molecular flexibility index (Phi) is 8.35. The van der Waals surface area contributed by atoms with E-state index in [1.807, 2.05) is 30.3 Å². The molecule has 1 aromatic heterocycles. The molecule has 1 aliphatic carbocycles. The van der Waals surface area contributed by atoms with Crippen molar-refractivity contribution in [3.8, 4) is 11.1 Å². The molecule has 226 valence electrons. The van der Waals surface area contributed by atoms with Crippen LogP contribution in [-0.4, -0.2) is 60.3 Å². The highest BCUT2D eigenvalue weighted by Crippen LogP contribution is 2.48. The fraction of sp³-hybridized carbons (Fsp3) is 0.355. The molecule has 5 rings (SSSR count). The van der Waals surface area contributed by atoms with E-state index in [9.17, 15) is 23.2 Å². The van der Waals surface area contributed by atoms with E-state index in [-0.39, 0.29) is 24.2 Å². The zero-order valence-corrected chi connectivity index (χ0v) is 24.8.